The van der Waals surface area contributed by atoms with Crippen LogP contribution in [-0.2, 0) is 6.42 Å². The Bertz CT molecular complexity index is 207. The zero-order chi connectivity index (χ0) is 7.56. The highest BCUT2D eigenvalue weighted by atomic mass is 35.5. The van der Waals surface area contributed by atoms with Crippen LogP contribution in [0.15, 0.2) is 5.51 Å². The average Bonchev–Trinajstić information content (AvgIpc) is 2.15. The largest absolute Gasteiger partial charge is 0.233 e. The topological polar surface area (TPSA) is 12.9 Å². The Kier molecular flexibility index (Phi) is 2.69. The Morgan fingerprint density at radius 3 is 2.80 bits per heavy atom. The first-order valence-corrected chi connectivity index (χ1v) is 4.53. The van der Waals surface area contributed by atoms with E-state index >= 15 is 0 Å². The smallest absolute Gasteiger partial charge is 0.143 e. The van der Waals surface area contributed by atoms with E-state index in [1.807, 2.05) is 0 Å². The van der Waals surface area contributed by atoms with Crippen molar-refractivity contribution in [3.8, 4) is 0 Å². The van der Waals surface area contributed by atoms with Crippen molar-refractivity contribution in [2.75, 3.05) is 0 Å². The molecular weight excluding hydrogens is 166 g/mol. The summed E-state index contributed by atoms with van der Waals surface area (Å²) in [4.78, 5) is 5.16. The zero-order valence-corrected chi connectivity index (χ0v) is 7.67. The molecule has 0 saturated heterocycles. The molecule has 0 fully saturated rings. The molecule has 10 heavy (non-hydrogen) atoms. The van der Waals surface area contributed by atoms with Crippen LogP contribution >= 0.6 is 22.9 Å². The summed E-state index contributed by atoms with van der Waals surface area (Å²) in [7, 11) is 0. The third kappa shape index (κ3) is 1.96. The number of nitrogens with zero attached hydrogens (tertiary/aromatic N) is 1. The van der Waals surface area contributed by atoms with Gasteiger partial charge in [-0.1, -0.05) is 25.4 Å². The van der Waals surface area contributed by atoms with Gasteiger partial charge in [-0.2, -0.15) is 0 Å². The molecule has 0 unspecified atom stereocenters. The van der Waals surface area contributed by atoms with Crippen molar-refractivity contribution >= 4 is 22.9 Å². The molecule has 0 aliphatic carbocycles. The van der Waals surface area contributed by atoms with Crippen molar-refractivity contribution in [1.29, 1.82) is 0 Å². The fourth-order valence-corrected chi connectivity index (χ4v) is 1.94. The lowest BCUT2D eigenvalue weighted by Crippen LogP contribution is -1.90. The highest BCUT2D eigenvalue weighted by Crippen LogP contribution is 2.21. The van der Waals surface area contributed by atoms with Crippen molar-refractivity contribution in [3.63, 3.8) is 0 Å². The molecule has 0 amide bonds. The molecule has 0 atom stereocenters. The maximum absolute atomic E-state index is 5.78. The normalized spacial score (nSPS) is 10.8. The molecule has 0 saturated carbocycles. The van der Waals surface area contributed by atoms with E-state index in [1.165, 1.54) is 4.88 Å². The Hall–Kier alpha value is -0.0800. The fraction of sp³-hybridized carbons (Fsp3) is 0.571. The lowest BCUT2D eigenvalue weighted by atomic mass is 10.1. The van der Waals surface area contributed by atoms with Gasteiger partial charge >= 0.3 is 0 Å². The van der Waals surface area contributed by atoms with Gasteiger partial charge < -0.3 is 0 Å². The summed E-state index contributed by atoms with van der Waals surface area (Å²) >= 11 is 7.42. The Labute approximate surface area is 70.1 Å². The Morgan fingerprint density at radius 1 is 1.70 bits per heavy atom. The molecule has 56 valence electrons. The molecule has 0 N–H and O–H groups in total. The zero-order valence-electron chi connectivity index (χ0n) is 6.10. The first-order chi connectivity index (χ1) is 4.70. The van der Waals surface area contributed by atoms with Crippen molar-refractivity contribution in [1.82, 2.24) is 4.98 Å². The van der Waals surface area contributed by atoms with Crippen LogP contribution in [0.2, 0.25) is 5.15 Å². The van der Waals surface area contributed by atoms with Gasteiger partial charge in [0.2, 0.25) is 0 Å². The summed E-state index contributed by atoms with van der Waals surface area (Å²) in [6.45, 7) is 4.35. The van der Waals surface area contributed by atoms with E-state index in [0.717, 1.165) is 6.42 Å². The maximum Gasteiger partial charge on any atom is 0.143 e. The minimum absolute atomic E-state index is 0.665. The fourth-order valence-electron chi connectivity index (χ4n) is 0.760. The lowest BCUT2D eigenvalue weighted by molar-refractivity contribution is 0.653. The molecule has 0 bridgehead atoms. The predicted octanol–water partition coefficient (Wildman–Crippen LogP) is 3.00. The maximum atomic E-state index is 5.78. The number of thiazole rings is 1. The van der Waals surface area contributed by atoms with Gasteiger partial charge in [-0.25, -0.2) is 4.98 Å². The summed E-state index contributed by atoms with van der Waals surface area (Å²) in [6, 6.07) is 0. The van der Waals surface area contributed by atoms with E-state index < -0.39 is 0 Å². The summed E-state index contributed by atoms with van der Waals surface area (Å²) in [5.74, 6) is 0.665. The van der Waals surface area contributed by atoms with Gasteiger partial charge in [0.15, 0.2) is 0 Å². The number of aromatic nitrogens is 1. The van der Waals surface area contributed by atoms with E-state index in [0.29, 0.717) is 11.1 Å². The Morgan fingerprint density at radius 2 is 2.40 bits per heavy atom. The molecular formula is C7H10ClNS. The first kappa shape index (κ1) is 8.02. The standard InChI is InChI=1S/C7H10ClNS/c1-5(2)3-6-7(8)9-4-10-6/h4-5H,3H2,1-2H3. The molecule has 3 heteroatoms. The van der Waals surface area contributed by atoms with Crippen molar-refractivity contribution in [2.24, 2.45) is 5.92 Å². The SMILES string of the molecule is CC(C)Cc1scnc1Cl. The summed E-state index contributed by atoms with van der Waals surface area (Å²) in [5.41, 5.74) is 1.79. The summed E-state index contributed by atoms with van der Waals surface area (Å²) in [5, 5.41) is 0.679. The molecule has 0 aliphatic heterocycles. The second kappa shape index (κ2) is 3.35. The molecule has 0 aromatic carbocycles. The molecule has 0 aliphatic rings. The summed E-state index contributed by atoms with van der Waals surface area (Å²) < 4.78 is 0. The monoisotopic (exact) mass is 175 g/mol. The first-order valence-electron chi connectivity index (χ1n) is 3.28. The third-order valence-electron chi connectivity index (χ3n) is 1.18. The van der Waals surface area contributed by atoms with Gasteiger partial charge in [-0.3, -0.25) is 0 Å². The molecule has 1 aromatic rings. The second-order valence-electron chi connectivity index (χ2n) is 2.66. The average molecular weight is 176 g/mol. The second-order valence-corrected chi connectivity index (χ2v) is 3.96. The van der Waals surface area contributed by atoms with Gasteiger partial charge in [0.1, 0.15) is 5.15 Å². The molecule has 0 spiro atoms. The highest BCUT2D eigenvalue weighted by Gasteiger charge is 2.04. The van der Waals surface area contributed by atoms with Gasteiger partial charge in [0.25, 0.3) is 0 Å². The summed E-state index contributed by atoms with van der Waals surface area (Å²) in [6.07, 6.45) is 1.05. The van der Waals surface area contributed by atoms with E-state index in [1.54, 1.807) is 16.8 Å². The van der Waals surface area contributed by atoms with Gasteiger partial charge in [-0.15, -0.1) is 11.3 Å². The van der Waals surface area contributed by atoms with Crippen LogP contribution < -0.4 is 0 Å². The van der Waals surface area contributed by atoms with Crippen LogP contribution in [0, 0.1) is 5.92 Å². The van der Waals surface area contributed by atoms with Crippen LogP contribution in [0.1, 0.15) is 18.7 Å². The molecule has 1 nitrogen and oxygen atoms in total. The molecule has 1 aromatic heterocycles. The van der Waals surface area contributed by atoms with Crippen LogP contribution in [0.25, 0.3) is 0 Å². The van der Waals surface area contributed by atoms with E-state index in [4.69, 9.17) is 11.6 Å². The van der Waals surface area contributed by atoms with E-state index in [-0.39, 0.29) is 0 Å². The minimum Gasteiger partial charge on any atom is -0.233 e. The Balaban J connectivity index is 2.65. The third-order valence-corrected chi connectivity index (χ3v) is 2.48. The van der Waals surface area contributed by atoms with Crippen LogP contribution in [0.4, 0.5) is 0 Å². The number of rotatable bonds is 2. The van der Waals surface area contributed by atoms with Crippen molar-refractivity contribution in [2.45, 2.75) is 20.3 Å². The van der Waals surface area contributed by atoms with Crippen LogP contribution in [0.5, 0.6) is 0 Å². The molecule has 0 radical (unpaired) electrons. The van der Waals surface area contributed by atoms with Crippen LogP contribution in [0.3, 0.4) is 0 Å². The number of halogens is 1. The minimum atomic E-state index is 0.665. The van der Waals surface area contributed by atoms with E-state index in [9.17, 15) is 0 Å². The van der Waals surface area contributed by atoms with Crippen LogP contribution in [-0.4, -0.2) is 4.98 Å². The van der Waals surface area contributed by atoms with Gasteiger partial charge in [0.05, 0.1) is 5.51 Å². The lowest BCUT2D eigenvalue weighted by Gasteiger charge is -1.99. The number of hydrogen-bond acceptors (Lipinski definition) is 2. The van der Waals surface area contributed by atoms with Crippen molar-refractivity contribution < 1.29 is 0 Å². The van der Waals surface area contributed by atoms with E-state index in [2.05, 4.69) is 18.8 Å². The quantitative estimate of drug-likeness (QED) is 0.674. The predicted molar refractivity (Wildman–Crippen MR) is 45.7 cm³/mol. The van der Waals surface area contributed by atoms with Gasteiger partial charge in [-0.05, 0) is 12.3 Å². The molecule has 1 rings (SSSR count). The number of hydrogen-bond donors (Lipinski definition) is 0. The van der Waals surface area contributed by atoms with Crippen molar-refractivity contribution in [3.05, 3.63) is 15.5 Å². The molecule has 1 heterocycles. The highest BCUT2D eigenvalue weighted by molar-refractivity contribution is 7.10. The van der Waals surface area contributed by atoms with Gasteiger partial charge in [0, 0.05) is 4.88 Å².